The second kappa shape index (κ2) is 10.3. The van der Waals surface area contributed by atoms with E-state index >= 15 is 0 Å². The Morgan fingerprint density at radius 3 is 2.61 bits per heavy atom. The van der Waals surface area contributed by atoms with Crippen molar-refractivity contribution in [2.75, 3.05) is 7.11 Å². The van der Waals surface area contributed by atoms with E-state index in [1.54, 1.807) is 62.0 Å². The third kappa shape index (κ3) is 5.39. The van der Waals surface area contributed by atoms with Crippen molar-refractivity contribution in [3.63, 3.8) is 0 Å². The minimum Gasteiger partial charge on any atom is -0.493 e. The van der Waals surface area contributed by atoms with Gasteiger partial charge in [0.05, 0.1) is 12.0 Å². The number of carbonyl (C=O) groups excluding carboxylic acids is 2. The molecular weight excluding hydrogens is 458 g/mol. The van der Waals surface area contributed by atoms with Crippen molar-refractivity contribution in [1.29, 1.82) is 0 Å². The molecule has 4 rings (SSSR count). The maximum Gasteiger partial charge on any atom is 0.285 e. The van der Waals surface area contributed by atoms with Gasteiger partial charge in [-0.05, 0) is 65.8 Å². The van der Waals surface area contributed by atoms with Crippen molar-refractivity contribution < 1.29 is 19.1 Å². The van der Waals surface area contributed by atoms with Crippen molar-refractivity contribution in [3.8, 4) is 11.5 Å². The number of hydrogen-bond acceptors (Lipinski definition) is 7. The van der Waals surface area contributed by atoms with Gasteiger partial charge in [0.25, 0.3) is 11.8 Å². The minimum atomic E-state index is -0.412. The molecule has 0 radical (unpaired) electrons. The number of amides is 2. The Labute approximate surface area is 200 Å². The number of nitrogens with zero attached hydrogens (tertiary/aromatic N) is 2. The number of aromatic nitrogens is 1. The highest BCUT2D eigenvalue weighted by Crippen LogP contribution is 2.34. The van der Waals surface area contributed by atoms with Crippen LogP contribution in [0.4, 0.5) is 0 Å². The summed E-state index contributed by atoms with van der Waals surface area (Å²) in [6, 6.07) is 17.7. The van der Waals surface area contributed by atoms with Crippen molar-refractivity contribution in [3.05, 3.63) is 94.7 Å². The summed E-state index contributed by atoms with van der Waals surface area (Å²) in [6.45, 7) is 0.373. The van der Waals surface area contributed by atoms with Gasteiger partial charge in [-0.25, -0.2) is 0 Å². The van der Waals surface area contributed by atoms with Gasteiger partial charge in [-0.2, -0.15) is 5.01 Å². The average molecular weight is 478 g/mol. The highest BCUT2D eigenvalue weighted by Gasteiger charge is 2.33. The molecule has 1 aromatic heterocycles. The van der Waals surface area contributed by atoms with Crippen LogP contribution in [0.25, 0.3) is 6.08 Å². The maximum absolute atomic E-state index is 12.8. The average Bonchev–Trinajstić information content (AvgIpc) is 3.11. The molecule has 0 saturated carbocycles. The lowest BCUT2D eigenvalue weighted by Gasteiger charge is -2.15. The van der Waals surface area contributed by atoms with Crippen LogP contribution in [0.5, 0.6) is 11.5 Å². The molecule has 0 aliphatic carbocycles. The molecule has 1 aliphatic rings. The largest absolute Gasteiger partial charge is 0.493 e. The lowest BCUT2D eigenvalue weighted by Crippen LogP contribution is -2.44. The molecule has 0 bridgehead atoms. The molecule has 0 spiro atoms. The SMILES string of the molecule is COc1cc(/C=C2/SC(=S)N(NC(=O)c3ccccc3)C2=O)ccc1OCc1ccncc1. The number of hydrogen-bond donors (Lipinski definition) is 1. The Balaban J connectivity index is 1.47. The number of benzene rings is 2. The number of thiocarbonyl (C=S) groups is 1. The fourth-order valence-electron chi connectivity index (χ4n) is 3.00. The Morgan fingerprint density at radius 1 is 1.12 bits per heavy atom. The van der Waals surface area contributed by atoms with Crippen molar-refractivity contribution in [2.45, 2.75) is 6.61 Å². The van der Waals surface area contributed by atoms with E-state index in [4.69, 9.17) is 21.7 Å². The van der Waals surface area contributed by atoms with Gasteiger partial charge < -0.3 is 9.47 Å². The molecule has 166 valence electrons. The van der Waals surface area contributed by atoms with E-state index in [1.165, 1.54) is 0 Å². The van der Waals surface area contributed by atoms with E-state index < -0.39 is 11.8 Å². The lowest BCUT2D eigenvalue weighted by molar-refractivity contribution is -0.123. The molecule has 2 heterocycles. The van der Waals surface area contributed by atoms with Crippen LogP contribution in [0.3, 0.4) is 0 Å². The third-order valence-corrected chi connectivity index (χ3v) is 5.97. The van der Waals surface area contributed by atoms with Crippen LogP contribution in [0.15, 0.2) is 78.0 Å². The highest BCUT2D eigenvalue weighted by atomic mass is 32.2. The van der Waals surface area contributed by atoms with Gasteiger partial charge in [-0.15, -0.1) is 0 Å². The summed E-state index contributed by atoms with van der Waals surface area (Å²) in [7, 11) is 1.55. The topological polar surface area (TPSA) is 80.8 Å². The summed E-state index contributed by atoms with van der Waals surface area (Å²) >= 11 is 6.41. The summed E-state index contributed by atoms with van der Waals surface area (Å²) in [5.41, 5.74) is 4.72. The second-order valence-corrected chi connectivity index (χ2v) is 8.55. The Morgan fingerprint density at radius 2 is 1.88 bits per heavy atom. The fourth-order valence-corrected chi connectivity index (χ4v) is 4.18. The summed E-state index contributed by atoms with van der Waals surface area (Å²) in [5.74, 6) is 0.302. The van der Waals surface area contributed by atoms with E-state index in [0.717, 1.165) is 27.9 Å². The Hall–Kier alpha value is -3.69. The van der Waals surface area contributed by atoms with E-state index in [2.05, 4.69) is 10.4 Å². The molecule has 2 aromatic carbocycles. The molecule has 2 amide bonds. The van der Waals surface area contributed by atoms with Crippen LogP contribution >= 0.6 is 24.0 Å². The molecule has 1 aliphatic heterocycles. The molecule has 9 heteroatoms. The maximum atomic E-state index is 12.8. The van der Waals surface area contributed by atoms with Gasteiger partial charge in [0.1, 0.15) is 6.61 Å². The first-order valence-corrected chi connectivity index (χ1v) is 11.1. The quantitative estimate of drug-likeness (QED) is 0.403. The molecule has 1 fully saturated rings. The molecule has 1 N–H and O–H groups in total. The van der Waals surface area contributed by atoms with Gasteiger partial charge in [-0.3, -0.25) is 20.0 Å². The number of hydrazine groups is 1. The first-order valence-electron chi connectivity index (χ1n) is 9.89. The highest BCUT2D eigenvalue weighted by molar-refractivity contribution is 8.26. The van der Waals surface area contributed by atoms with Crippen LogP contribution in [0, 0.1) is 0 Å². The Kier molecular flexibility index (Phi) is 7.01. The molecule has 0 atom stereocenters. The zero-order chi connectivity index (χ0) is 23.2. The second-order valence-electron chi connectivity index (χ2n) is 6.88. The normalized spacial score (nSPS) is 14.5. The number of nitrogens with one attached hydrogen (secondary N) is 1. The number of ether oxygens (including phenoxy) is 2. The number of rotatable bonds is 7. The van der Waals surface area contributed by atoms with Crippen molar-refractivity contribution >= 4 is 46.2 Å². The summed E-state index contributed by atoms with van der Waals surface area (Å²) in [5, 5.41) is 1.09. The standard InChI is InChI=1S/C24H19N3O4S2/c1-30-20-13-17(7-8-19(20)31-15-16-9-11-25-12-10-16)14-21-23(29)27(24(32)33-21)26-22(28)18-5-3-2-4-6-18/h2-14H,15H2,1H3,(H,26,28)/b21-14+. The van der Waals surface area contributed by atoms with Crippen LogP contribution in [-0.2, 0) is 11.4 Å². The third-order valence-electron chi connectivity index (χ3n) is 4.67. The van der Waals surface area contributed by atoms with Gasteiger partial charge >= 0.3 is 0 Å². The van der Waals surface area contributed by atoms with Gasteiger partial charge in [-0.1, -0.05) is 36.0 Å². The zero-order valence-corrected chi connectivity index (χ0v) is 19.2. The first-order chi connectivity index (χ1) is 16.0. The number of thioether (sulfide) groups is 1. The van der Waals surface area contributed by atoms with Crippen LogP contribution < -0.4 is 14.9 Å². The summed E-state index contributed by atoms with van der Waals surface area (Å²) in [4.78, 5) is 29.6. The monoisotopic (exact) mass is 477 g/mol. The molecule has 0 unspecified atom stereocenters. The van der Waals surface area contributed by atoms with E-state index in [0.29, 0.717) is 28.6 Å². The molecule has 3 aromatic rings. The predicted molar refractivity (Wildman–Crippen MR) is 130 cm³/mol. The van der Waals surface area contributed by atoms with E-state index in [9.17, 15) is 9.59 Å². The Bertz CT molecular complexity index is 1220. The smallest absolute Gasteiger partial charge is 0.285 e. The molecular formula is C24H19N3O4S2. The molecule has 7 nitrogen and oxygen atoms in total. The lowest BCUT2D eigenvalue weighted by atomic mass is 10.2. The fraction of sp³-hybridized carbons (Fsp3) is 0.0833. The van der Waals surface area contributed by atoms with Crippen LogP contribution in [-0.4, -0.2) is 33.2 Å². The van der Waals surface area contributed by atoms with Crippen LogP contribution in [0.2, 0.25) is 0 Å². The predicted octanol–water partition coefficient (Wildman–Crippen LogP) is 4.22. The number of carbonyl (C=O) groups is 2. The van der Waals surface area contributed by atoms with Gasteiger partial charge in [0, 0.05) is 18.0 Å². The zero-order valence-electron chi connectivity index (χ0n) is 17.6. The van der Waals surface area contributed by atoms with Crippen molar-refractivity contribution in [2.24, 2.45) is 0 Å². The van der Waals surface area contributed by atoms with E-state index in [-0.39, 0.29) is 4.32 Å². The number of pyridine rings is 1. The van der Waals surface area contributed by atoms with Crippen LogP contribution in [0.1, 0.15) is 21.5 Å². The van der Waals surface area contributed by atoms with Crippen molar-refractivity contribution in [1.82, 2.24) is 15.4 Å². The molecule has 33 heavy (non-hydrogen) atoms. The first kappa shape index (κ1) is 22.5. The van der Waals surface area contributed by atoms with E-state index in [1.807, 2.05) is 24.3 Å². The summed E-state index contributed by atoms with van der Waals surface area (Å²) < 4.78 is 11.6. The molecule has 1 saturated heterocycles. The van der Waals surface area contributed by atoms with Gasteiger partial charge in [0.2, 0.25) is 0 Å². The summed E-state index contributed by atoms with van der Waals surface area (Å²) in [6.07, 6.45) is 5.11. The van der Waals surface area contributed by atoms with Gasteiger partial charge in [0.15, 0.2) is 15.8 Å². The minimum absolute atomic E-state index is 0.250. The number of methoxy groups -OCH3 is 1.